The summed E-state index contributed by atoms with van der Waals surface area (Å²) in [5.74, 6) is 1.81. The van der Waals surface area contributed by atoms with Crippen LogP contribution in [0.1, 0.15) is 219 Å². The third-order valence-electron chi connectivity index (χ3n) is 9.50. The van der Waals surface area contributed by atoms with Gasteiger partial charge in [-0.1, -0.05) is 206 Å². The Morgan fingerprint density at radius 3 is 0.739 bits per heavy atom. The fraction of sp³-hybridized carbons (Fsp3) is 0.857. The SMILES string of the molecule is CCCCCCCCCCCCCCCCCCOc1cc(Br)c(OCCCCCCCCCCCCCCCCCC)cc1Br. The Morgan fingerprint density at radius 1 is 0.326 bits per heavy atom. The van der Waals surface area contributed by atoms with Gasteiger partial charge in [0.25, 0.3) is 0 Å². The summed E-state index contributed by atoms with van der Waals surface area (Å²) in [6.45, 7) is 6.16. The Balaban J connectivity index is 1.92. The molecule has 0 N–H and O–H groups in total. The van der Waals surface area contributed by atoms with E-state index in [1.54, 1.807) is 0 Å². The van der Waals surface area contributed by atoms with Crippen molar-refractivity contribution in [2.45, 2.75) is 219 Å². The van der Waals surface area contributed by atoms with Gasteiger partial charge in [0.15, 0.2) is 0 Å². The molecule has 0 aromatic heterocycles. The lowest BCUT2D eigenvalue weighted by molar-refractivity contribution is 0.293. The monoisotopic (exact) mass is 770 g/mol. The zero-order valence-corrected chi connectivity index (χ0v) is 33.9. The van der Waals surface area contributed by atoms with Crippen molar-refractivity contribution in [1.29, 1.82) is 0 Å². The molecule has 0 aliphatic heterocycles. The van der Waals surface area contributed by atoms with Crippen LogP contribution in [0.3, 0.4) is 0 Å². The first kappa shape index (κ1) is 43.8. The molecule has 0 aliphatic rings. The lowest BCUT2D eigenvalue weighted by atomic mass is 10.0. The molecule has 2 nitrogen and oxygen atoms in total. The van der Waals surface area contributed by atoms with E-state index >= 15 is 0 Å². The highest BCUT2D eigenvalue weighted by atomic mass is 79.9. The molecule has 46 heavy (non-hydrogen) atoms. The van der Waals surface area contributed by atoms with Gasteiger partial charge in [0.1, 0.15) is 11.5 Å². The Labute approximate surface area is 305 Å². The fourth-order valence-corrected chi connectivity index (χ4v) is 7.27. The summed E-state index contributed by atoms with van der Waals surface area (Å²) in [6.07, 6.45) is 44.5. The molecule has 0 saturated carbocycles. The molecule has 0 aliphatic carbocycles. The Morgan fingerprint density at radius 2 is 0.522 bits per heavy atom. The summed E-state index contributed by atoms with van der Waals surface area (Å²) in [4.78, 5) is 0. The fourth-order valence-electron chi connectivity index (χ4n) is 6.40. The first-order valence-corrected chi connectivity index (χ1v) is 22.0. The maximum Gasteiger partial charge on any atom is 0.134 e. The van der Waals surface area contributed by atoms with Gasteiger partial charge in [-0.3, -0.25) is 0 Å². The first-order chi connectivity index (χ1) is 22.7. The molecule has 0 unspecified atom stereocenters. The molecular weight excluding hydrogens is 696 g/mol. The second kappa shape index (κ2) is 34.6. The normalized spacial score (nSPS) is 11.4. The van der Waals surface area contributed by atoms with Crippen LogP contribution >= 0.6 is 31.9 Å². The third kappa shape index (κ3) is 27.7. The minimum absolute atomic E-state index is 0.781. The maximum absolute atomic E-state index is 6.10. The second-order valence-electron chi connectivity index (χ2n) is 14.0. The number of ether oxygens (including phenoxy) is 2. The van der Waals surface area contributed by atoms with E-state index in [9.17, 15) is 0 Å². The first-order valence-electron chi connectivity index (χ1n) is 20.4. The van der Waals surface area contributed by atoms with Gasteiger partial charge in [0, 0.05) is 0 Å². The van der Waals surface area contributed by atoms with Gasteiger partial charge in [-0.25, -0.2) is 0 Å². The standard InChI is InChI=1S/C42H76Br2O2/c1-3-5-7-9-11-13-15-17-19-21-23-25-27-29-31-33-35-45-41-37-40(44)42(38-39(41)43)46-36-34-32-30-28-26-24-22-20-18-16-14-12-10-8-6-4-2/h37-38H,3-36H2,1-2H3. The van der Waals surface area contributed by atoms with E-state index in [0.29, 0.717) is 0 Å². The highest BCUT2D eigenvalue weighted by molar-refractivity contribution is 9.11. The van der Waals surface area contributed by atoms with E-state index in [-0.39, 0.29) is 0 Å². The summed E-state index contributed by atoms with van der Waals surface area (Å²) < 4.78 is 14.2. The molecule has 0 radical (unpaired) electrons. The number of hydrogen-bond acceptors (Lipinski definition) is 2. The average molecular weight is 773 g/mol. The van der Waals surface area contributed by atoms with Gasteiger partial charge < -0.3 is 9.47 Å². The van der Waals surface area contributed by atoms with Crippen molar-refractivity contribution >= 4 is 31.9 Å². The third-order valence-corrected chi connectivity index (χ3v) is 10.7. The minimum Gasteiger partial charge on any atom is -0.492 e. The number of unbranched alkanes of at least 4 members (excludes halogenated alkanes) is 30. The van der Waals surface area contributed by atoms with Crippen LogP contribution in [0.4, 0.5) is 0 Å². The van der Waals surface area contributed by atoms with Crippen LogP contribution < -0.4 is 9.47 Å². The van der Waals surface area contributed by atoms with Gasteiger partial charge in [-0.2, -0.15) is 0 Å². The summed E-state index contributed by atoms with van der Waals surface area (Å²) in [5, 5.41) is 0. The van der Waals surface area contributed by atoms with Crippen LogP contribution in [-0.2, 0) is 0 Å². The molecule has 0 amide bonds. The van der Waals surface area contributed by atoms with Crippen molar-refractivity contribution < 1.29 is 9.47 Å². The number of rotatable bonds is 36. The van der Waals surface area contributed by atoms with E-state index in [0.717, 1.165) is 46.5 Å². The summed E-state index contributed by atoms with van der Waals surface area (Å²) in [5.41, 5.74) is 0. The van der Waals surface area contributed by atoms with E-state index < -0.39 is 0 Å². The molecule has 0 fully saturated rings. The predicted molar refractivity (Wildman–Crippen MR) is 212 cm³/mol. The maximum atomic E-state index is 6.10. The van der Waals surface area contributed by atoms with Crippen molar-refractivity contribution in [2.24, 2.45) is 0 Å². The molecule has 4 heteroatoms. The van der Waals surface area contributed by atoms with Crippen LogP contribution in [-0.4, -0.2) is 13.2 Å². The molecule has 0 saturated heterocycles. The smallest absolute Gasteiger partial charge is 0.134 e. The predicted octanol–water partition coefficient (Wildman–Crippen LogP) is 16.5. The number of halogens is 2. The molecule has 1 aromatic carbocycles. The Bertz CT molecular complexity index is 705. The van der Waals surface area contributed by atoms with Crippen LogP contribution in [0.5, 0.6) is 11.5 Å². The second-order valence-corrected chi connectivity index (χ2v) is 15.7. The van der Waals surface area contributed by atoms with Crippen molar-refractivity contribution in [3.05, 3.63) is 21.1 Å². The van der Waals surface area contributed by atoms with Gasteiger partial charge in [0.05, 0.1) is 22.2 Å². The van der Waals surface area contributed by atoms with Crippen LogP contribution in [0.2, 0.25) is 0 Å². The quantitative estimate of drug-likeness (QED) is 0.0633. The molecule has 1 aromatic rings. The van der Waals surface area contributed by atoms with Gasteiger partial charge in [-0.05, 0) is 56.8 Å². The molecule has 0 bridgehead atoms. The zero-order valence-electron chi connectivity index (χ0n) is 30.8. The zero-order chi connectivity index (χ0) is 33.2. The Hall–Kier alpha value is -0.220. The van der Waals surface area contributed by atoms with Crippen LogP contribution in [0.15, 0.2) is 21.1 Å². The van der Waals surface area contributed by atoms with Crippen molar-refractivity contribution in [3.8, 4) is 11.5 Å². The topological polar surface area (TPSA) is 18.5 Å². The van der Waals surface area contributed by atoms with Crippen molar-refractivity contribution in [1.82, 2.24) is 0 Å². The largest absolute Gasteiger partial charge is 0.492 e. The minimum atomic E-state index is 0.781. The lowest BCUT2D eigenvalue weighted by Gasteiger charge is -2.13. The van der Waals surface area contributed by atoms with E-state index in [1.165, 1.54) is 193 Å². The molecule has 0 heterocycles. The summed E-state index contributed by atoms with van der Waals surface area (Å²) in [7, 11) is 0. The van der Waals surface area contributed by atoms with Crippen molar-refractivity contribution in [2.75, 3.05) is 13.2 Å². The van der Waals surface area contributed by atoms with E-state index in [4.69, 9.17) is 9.47 Å². The van der Waals surface area contributed by atoms with Gasteiger partial charge >= 0.3 is 0 Å². The lowest BCUT2D eigenvalue weighted by Crippen LogP contribution is -2.01. The molecule has 270 valence electrons. The van der Waals surface area contributed by atoms with Gasteiger partial charge in [0.2, 0.25) is 0 Å². The van der Waals surface area contributed by atoms with Gasteiger partial charge in [-0.15, -0.1) is 0 Å². The highest BCUT2D eigenvalue weighted by Gasteiger charge is 2.09. The molecular formula is C42H76Br2O2. The Kier molecular flexibility index (Phi) is 33.0. The summed E-state index contributed by atoms with van der Waals surface area (Å²) in [6, 6.07) is 4.11. The summed E-state index contributed by atoms with van der Waals surface area (Å²) >= 11 is 7.40. The number of hydrogen-bond donors (Lipinski definition) is 0. The van der Waals surface area contributed by atoms with Crippen LogP contribution in [0.25, 0.3) is 0 Å². The molecule has 0 spiro atoms. The van der Waals surface area contributed by atoms with E-state index in [1.807, 2.05) is 0 Å². The van der Waals surface area contributed by atoms with Crippen molar-refractivity contribution in [3.63, 3.8) is 0 Å². The number of benzene rings is 1. The molecule has 1 rings (SSSR count). The molecule has 0 atom stereocenters. The average Bonchev–Trinajstić information content (AvgIpc) is 3.05. The van der Waals surface area contributed by atoms with E-state index in [2.05, 4.69) is 57.8 Å². The highest BCUT2D eigenvalue weighted by Crippen LogP contribution is 2.36. The van der Waals surface area contributed by atoms with Crippen LogP contribution in [0, 0.1) is 0 Å².